The van der Waals surface area contributed by atoms with E-state index in [9.17, 15) is 14.4 Å². The Hall–Kier alpha value is -3.81. The molecule has 8 nitrogen and oxygen atoms in total. The molecule has 3 amide bonds. The Labute approximate surface area is 174 Å². The summed E-state index contributed by atoms with van der Waals surface area (Å²) in [6.07, 6.45) is 1.82. The third-order valence-electron chi connectivity index (χ3n) is 4.56. The molecule has 0 fully saturated rings. The van der Waals surface area contributed by atoms with Crippen LogP contribution in [0.15, 0.2) is 60.8 Å². The minimum Gasteiger partial charge on any atom is -0.497 e. The number of nitrogens with zero attached hydrogens (tertiary/aromatic N) is 1. The third-order valence-corrected chi connectivity index (χ3v) is 4.56. The van der Waals surface area contributed by atoms with Crippen LogP contribution in [0.3, 0.4) is 0 Å². The average Bonchev–Trinajstić information content (AvgIpc) is 3.18. The highest BCUT2D eigenvalue weighted by atomic mass is 16.5. The van der Waals surface area contributed by atoms with Crippen LogP contribution in [-0.4, -0.2) is 29.4 Å². The average molecular weight is 408 g/mol. The first-order valence-electron chi connectivity index (χ1n) is 9.56. The number of amides is 3. The van der Waals surface area contributed by atoms with Crippen molar-refractivity contribution < 1.29 is 19.1 Å². The van der Waals surface area contributed by atoms with E-state index < -0.39 is 5.91 Å². The lowest BCUT2D eigenvalue weighted by atomic mass is 10.2. The van der Waals surface area contributed by atoms with Gasteiger partial charge in [-0.15, -0.1) is 0 Å². The van der Waals surface area contributed by atoms with Gasteiger partial charge in [0, 0.05) is 31.1 Å². The summed E-state index contributed by atoms with van der Waals surface area (Å²) in [6.45, 7) is 0.447. The zero-order valence-electron chi connectivity index (χ0n) is 16.7. The Morgan fingerprint density at radius 3 is 2.33 bits per heavy atom. The molecule has 0 aliphatic rings. The van der Waals surface area contributed by atoms with Gasteiger partial charge in [-0.25, -0.2) is 0 Å². The number of carbonyl (C=O) groups excluding carboxylic acids is 3. The molecular weight excluding hydrogens is 384 g/mol. The number of para-hydroxylation sites is 1. The molecular formula is C22H24N4O4. The number of nitrogens with one attached hydrogen (secondary N) is 3. The molecule has 0 spiro atoms. The van der Waals surface area contributed by atoms with E-state index in [0.29, 0.717) is 6.54 Å². The van der Waals surface area contributed by atoms with Crippen LogP contribution in [-0.2, 0) is 27.5 Å². The predicted octanol–water partition coefficient (Wildman–Crippen LogP) is 1.89. The topological polar surface area (TPSA) is 101 Å². The standard InChI is InChI=1S/C22H24N4O4/c1-30-18-8-6-16(7-9-18)14-23-20(27)10-11-21(28)24-25-22(29)15-26-13-12-17-4-2-3-5-19(17)26/h2-9,12-13H,10-11,14-15H2,1H3,(H,23,27)(H,24,28)(H,25,29). The van der Waals surface area contributed by atoms with Crippen LogP contribution in [0.4, 0.5) is 0 Å². The number of hydrogen-bond acceptors (Lipinski definition) is 4. The summed E-state index contributed by atoms with van der Waals surface area (Å²) in [7, 11) is 1.59. The number of hydrogen-bond donors (Lipinski definition) is 3. The Bertz CT molecular complexity index is 1030. The number of rotatable bonds is 8. The van der Waals surface area contributed by atoms with Crippen molar-refractivity contribution in [3.05, 3.63) is 66.4 Å². The molecule has 156 valence electrons. The summed E-state index contributed by atoms with van der Waals surface area (Å²) < 4.78 is 6.88. The van der Waals surface area contributed by atoms with Crippen molar-refractivity contribution in [2.45, 2.75) is 25.9 Å². The minimum atomic E-state index is -0.430. The van der Waals surface area contributed by atoms with Gasteiger partial charge >= 0.3 is 0 Å². The first kappa shape index (κ1) is 20.9. The van der Waals surface area contributed by atoms with E-state index in [1.165, 1.54) is 0 Å². The predicted molar refractivity (Wildman–Crippen MR) is 112 cm³/mol. The molecule has 30 heavy (non-hydrogen) atoms. The SMILES string of the molecule is COc1ccc(CNC(=O)CCC(=O)NNC(=O)Cn2ccc3ccccc32)cc1. The smallest absolute Gasteiger partial charge is 0.258 e. The van der Waals surface area contributed by atoms with Crippen molar-refractivity contribution in [3.63, 3.8) is 0 Å². The van der Waals surface area contributed by atoms with Gasteiger partial charge in [0.1, 0.15) is 12.3 Å². The molecule has 1 heterocycles. The molecule has 8 heteroatoms. The zero-order valence-corrected chi connectivity index (χ0v) is 16.7. The minimum absolute atomic E-state index is 0.0266. The monoisotopic (exact) mass is 408 g/mol. The summed E-state index contributed by atoms with van der Waals surface area (Å²) in [5.41, 5.74) is 6.58. The molecule has 0 saturated heterocycles. The largest absolute Gasteiger partial charge is 0.497 e. The normalized spacial score (nSPS) is 10.4. The molecule has 3 rings (SSSR count). The van der Waals surface area contributed by atoms with Gasteiger partial charge in [-0.05, 0) is 35.2 Å². The second-order valence-electron chi connectivity index (χ2n) is 6.72. The number of carbonyl (C=O) groups is 3. The zero-order chi connectivity index (χ0) is 21.3. The van der Waals surface area contributed by atoms with E-state index in [2.05, 4.69) is 16.2 Å². The fourth-order valence-electron chi connectivity index (χ4n) is 2.93. The molecule has 0 aliphatic heterocycles. The Morgan fingerprint density at radius 2 is 1.57 bits per heavy atom. The Balaban J connectivity index is 1.34. The molecule has 1 aromatic heterocycles. The van der Waals surface area contributed by atoms with Gasteiger partial charge in [-0.2, -0.15) is 0 Å². The lowest BCUT2D eigenvalue weighted by Crippen LogP contribution is -2.43. The number of hydrazine groups is 1. The van der Waals surface area contributed by atoms with Crippen LogP contribution in [0.2, 0.25) is 0 Å². The fourth-order valence-corrected chi connectivity index (χ4v) is 2.93. The Morgan fingerprint density at radius 1 is 0.867 bits per heavy atom. The summed E-state index contributed by atoms with van der Waals surface area (Å²) in [6, 6.07) is 17.0. The molecule has 0 unspecified atom stereocenters. The maximum atomic E-state index is 12.1. The lowest BCUT2D eigenvalue weighted by molar-refractivity contribution is -0.130. The van der Waals surface area contributed by atoms with Crippen LogP contribution in [0.25, 0.3) is 10.9 Å². The summed E-state index contributed by atoms with van der Waals surface area (Å²) in [5.74, 6) is -0.283. The Kier molecular flexibility index (Phi) is 7.05. The van der Waals surface area contributed by atoms with E-state index in [4.69, 9.17) is 4.74 Å². The highest BCUT2D eigenvalue weighted by Gasteiger charge is 2.10. The van der Waals surface area contributed by atoms with Gasteiger partial charge in [-0.3, -0.25) is 25.2 Å². The molecule has 0 atom stereocenters. The number of benzene rings is 2. The van der Waals surface area contributed by atoms with E-state index in [1.807, 2.05) is 60.8 Å². The first-order valence-corrected chi connectivity index (χ1v) is 9.56. The van der Waals surface area contributed by atoms with Crippen LogP contribution in [0, 0.1) is 0 Å². The van der Waals surface area contributed by atoms with Crippen LogP contribution >= 0.6 is 0 Å². The molecule has 0 aliphatic carbocycles. The van der Waals surface area contributed by atoms with E-state index in [1.54, 1.807) is 11.7 Å². The van der Waals surface area contributed by atoms with Gasteiger partial charge in [0.25, 0.3) is 5.91 Å². The van der Waals surface area contributed by atoms with E-state index in [-0.39, 0.29) is 31.2 Å². The van der Waals surface area contributed by atoms with Gasteiger partial charge in [-0.1, -0.05) is 30.3 Å². The molecule has 3 aromatic rings. The maximum Gasteiger partial charge on any atom is 0.258 e. The highest BCUT2D eigenvalue weighted by Crippen LogP contribution is 2.14. The van der Waals surface area contributed by atoms with Crippen molar-refractivity contribution in [2.75, 3.05) is 7.11 Å². The molecule has 0 radical (unpaired) electrons. The molecule has 3 N–H and O–H groups in total. The van der Waals surface area contributed by atoms with Crippen LogP contribution in [0.5, 0.6) is 5.75 Å². The highest BCUT2D eigenvalue weighted by molar-refractivity contribution is 5.86. The summed E-state index contributed by atoms with van der Waals surface area (Å²) >= 11 is 0. The summed E-state index contributed by atoms with van der Waals surface area (Å²) in [4.78, 5) is 35.9. The second-order valence-corrected chi connectivity index (χ2v) is 6.72. The van der Waals surface area contributed by atoms with Crippen molar-refractivity contribution in [1.82, 2.24) is 20.7 Å². The van der Waals surface area contributed by atoms with Gasteiger partial charge < -0.3 is 14.6 Å². The number of aromatic nitrogens is 1. The maximum absolute atomic E-state index is 12.1. The van der Waals surface area contributed by atoms with Crippen molar-refractivity contribution >= 4 is 28.6 Å². The van der Waals surface area contributed by atoms with E-state index >= 15 is 0 Å². The number of methoxy groups -OCH3 is 1. The molecule has 2 aromatic carbocycles. The van der Waals surface area contributed by atoms with Gasteiger partial charge in [0.2, 0.25) is 11.8 Å². The molecule has 0 bridgehead atoms. The van der Waals surface area contributed by atoms with Crippen LogP contribution < -0.4 is 20.9 Å². The number of fused-ring (bicyclic) bond motifs is 1. The fraction of sp³-hybridized carbons (Fsp3) is 0.227. The summed E-state index contributed by atoms with van der Waals surface area (Å²) in [5, 5.41) is 3.79. The van der Waals surface area contributed by atoms with Crippen molar-refractivity contribution in [2.24, 2.45) is 0 Å². The second kappa shape index (κ2) is 10.1. The number of ether oxygens (including phenoxy) is 1. The van der Waals surface area contributed by atoms with E-state index in [0.717, 1.165) is 22.2 Å². The quantitative estimate of drug-likeness (QED) is 0.496. The van der Waals surface area contributed by atoms with Gasteiger partial charge in [0.15, 0.2) is 0 Å². The third kappa shape index (κ3) is 5.84. The van der Waals surface area contributed by atoms with Gasteiger partial charge in [0.05, 0.1) is 7.11 Å². The molecule has 0 saturated carbocycles. The van der Waals surface area contributed by atoms with Crippen molar-refractivity contribution in [3.8, 4) is 5.75 Å². The van der Waals surface area contributed by atoms with Crippen molar-refractivity contribution in [1.29, 1.82) is 0 Å². The van der Waals surface area contributed by atoms with Crippen LogP contribution in [0.1, 0.15) is 18.4 Å². The first-order chi connectivity index (χ1) is 14.5. The lowest BCUT2D eigenvalue weighted by Gasteiger charge is -2.09.